The van der Waals surface area contributed by atoms with E-state index in [1.54, 1.807) is 4.90 Å². The molecule has 1 N–H and O–H groups in total. The maximum Gasteiger partial charge on any atom is 0.317 e. The van der Waals surface area contributed by atoms with Crippen LogP contribution in [0.4, 0.5) is 4.79 Å². The lowest BCUT2D eigenvalue weighted by Gasteiger charge is -2.34. The summed E-state index contributed by atoms with van der Waals surface area (Å²) in [4.78, 5) is 30.2. The molecule has 0 radical (unpaired) electrons. The van der Waals surface area contributed by atoms with Crippen LogP contribution in [0.25, 0.3) is 0 Å². The predicted molar refractivity (Wildman–Crippen MR) is 81.5 cm³/mol. The average molecular weight is 310 g/mol. The predicted octanol–water partition coefficient (Wildman–Crippen LogP) is -0.419. The van der Waals surface area contributed by atoms with Gasteiger partial charge in [-0.05, 0) is 12.3 Å². The average Bonchev–Trinajstić information content (AvgIpc) is 2.92. The summed E-state index contributed by atoms with van der Waals surface area (Å²) in [5.74, 6) is 0.539. The first-order chi connectivity index (χ1) is 10.6. The second-order valence-electron chi connectivity index (χ2n) is 6.50. The van der Waals surface area contributed by atoms with Crippen molar-refractivity contribution in [1.29, 1.82) is 0 Å². The minimum atomic E-state index is -0.114. The van der Waals surface area contributed by atoms with Crippen LogP contribution in [-0.4, -0.2) is 91.7 Å². The fourth-order valence-electron chi connectivity index (χ4n) is 3.63. The fourth-order valence-corrected chi connectivity index (χ4v) is 3.63. The molecule has 7 nitrogen and oxygen atoms in total. The number of nitrogens with one attached hydrogen (secondary N) is 1. The van der Waals surface area contributed by atoms with Gasteiger partial charge in [0.2, 0.25) is 5.91 Å². The summed E-state index contributed by atoms with van der Waals surface area (Å²) in [6.45, 7) is 8.83. The van der Waals surface area contributed by atoms with Crippen molar-refractivity contribution in [3.8, 4) is 0 Å². The summed E-state index contributed by atoms with van der Waals surface area (Å²) in [6.07, 6.45) is 0.909. The molecular formula is C15H26N4O3. The number of ether oxygens (including phenoxy) is 1. The Morgan fingerprint density at radius 2 is 2.05 bits per heavy atom. The molecule has 0 aromatic rings. The third-order valence-corrected chi connectivity index (χ3v) is 4.93. The first-order valence-corrected chi connectivity index (χ1v) is 8.27. The largest absolute Gasteiger partial charge is 0.379 e. The molecule has 0 aromatic carbocycles. The maximum atomic E-state index is 12.5. The van der Waals surface area contributed by atoms with E-state index in [-0.39, 0.29) is 18.5 Å². The maximum absolute atomic E-state index is 12.5. The van der Waals surface area contributed by atoms with E-state index in [1.165, 1.54) is 0 Å². The SMILES string of the molecule is CC1CN(C(=O)CN2CCCNC2=O)CC1N1CCOCC1. The van der Waals surface area contributed by atoms with Crippen molar-refractivity contribution >= 4 is 11.9 Å². The highest BCUT2D eigenvalue weighted by Gasteiger charge is 2.37. The molecule has 22 heavy (non-hydrogen) atoms. The lowest BCUT2D eigenvalue weighted by Crippen LogP contribution is -2.51. The van der Waals surface area contributed by atoms with E-state index in [0.29, 0.717) is 25.0 Å². The number of rotatable bonds is 3. The number of carbonyl (C=O) groups is 2. The van der Waals surface area contributed by atoms with Crippen molar-refractivity contribution < 1.29 is 14.3 Å². The summed E-state index contributed by atoms with van der Waals surface area (Å²) in [5.41, 5.74) is 0. The standard InChI is InChI=1S/C15H26N4O3/c1-12-9-19(10-13(12)17-5-7-22-8-6-17)14(20)11-18-4-2-3-16-15(18)21/h12-13H,2-11H2,1H3,(H,16,21). The van der Waals surface area contributed by atoms with Gasteiger partial charge in [0.15, 0.2) is 0 Å². The summed E-state index contributed by atoms with van der Waals surface area (Å²) < 4.78 is 5.41. The monoisotopic (exact) mass is 310 g/mol. The third-order valence-electron chi connectivity index (χ3n) is 4.93. The summed E-state index contributed by atoms with van der Waals surface area (Å²) in [7, 11) is 0. The van der Waals surface area contributed by atoms with Gasteiger partial charge in [-0.15, -0.1) is 0 Å². The van der Waals surface area contributed by atoms with Gasteiger partial charge in [0.25, 0.3) is 0 Å². The van der Waals surface area contributed by atoms with Gasteiger partial charge in [-0.3, -0.25) is 9.69 Å². The van der Waals surface area contributed by atoms with E-state index >= 15 is 0 Å². The Hall–Kier alpha value is -1.34. The van der Waals surface area contributed by atoms with Crippen molar-refractivity contribution in [2.75, 3.05) is 59.0 Å². The van der Waals surface area contributed by atoms with E-state index in [4.69, 9.17) is 4.74 Å². The number of carbonyl (C=O) groups excluding carboxylic acids is 2. The van der Waals surface area contributed by atoms with Gasteiger partial charge < -0.3 is 19.9 Å². The van der Waals surface area contributed by atoms with Crippen LogP contribution in [0, 0.1) is 5.92 Å². The minimum Gasteiger partial charge on any atom is -0.379 e. The number of likely N-dealkylation sites (tertiary alicyclic amines) is 1. The van der Waals surface area contributed by atoms with Crippen LogP contribution in [0.5, 0.6) is 0 Å². The Bertz CT molecular complexity index is 425. The molecule has 3 aliphatic heterocycles. The molecule has 3 saturated heterocycles. The molecule has 3 amide bonds. The Balaban J connectivity index is 1.54. The van der Waals surface area contributed by atoms with Gasteiger partial charge in [0, 0.05) is 45.3 Å². The Morgan fingerprint density at radius 1 is 1.27 bits per heavy atom. The quantitative estimate of drug-likeness (QED) is 0.769. The topological polar surface area (TPSA) is 65.1 Å². The number of urea groups is 1. The lowest BCUT2D eigenvalue weighted by molar-refractivity contribution is -0.131. The van der Waals surface area contributed by atoms with Gasteiger partial charge in [0.1, 0.15) is 6.54 Å². The van der Waals surface area contributed by atoms with Crippen LogP contribution in [0.3, 0.4) is 0 Å². The van der Waals surface area contributed by atoms with Crippen LogP contribution < -0.4 is 5.32 Å². The Labute approximate surface area is 131 Å². The highest BCUT2D eigenvalue weighted by atomic mass is 16.5. The molecule has 3 aliphatic rings. The first kappa shape index (κ1) is 15.6. The molecule has 3 heterocycles. The molecule has 0 spiro atoms. The van der Waals surface area contributed by atoms with E-state index in [2.05, 4.69) is 17.1 Å². The molecule has 7 heteroatoms. The highest BCUT2D eigenvalue weighted by Crippen LogP contribution is 2.23. The summed E-state index contributed by atoms with van der Waals surface area (Å²) in [6, 6.07) is 0.305. The molecule has 3 rings (SSSR count). The molecule has 0 bridgehead atoms. The smallest absolute Gasteiger partial charge is 0.317 e. The van der Waals surface area contributed by atoms with E-state index in [9.17, 15) is 9.59 Å². The molecule has 2 atom stereocenters. The number of hydrogen-bond acceptors (Lipinski definition) is 4. The molecular weight excluding hydrogens is 284 g/mol. The Kier molecular flexibility index (Phi) is 4.83. The van der Waals surface area contributed by atoms with Crippen LogP contribution in [0.1, 0.15) is 13.3 Å². The first-order valence-electron chi connectivity index (χ1n) is 8.27. The molecule has 2 unspecified atom stereocenters. The highest BCUT2D eigenvalue weighted by molar-refractivity contribution is 5.84. The van der Waals surface area contributed by atoms with Gasteiger partial charge in [-0.2, -0.15) is 0 Å². The van der Waals surface area contributed by atoms with Gasteiger partial charge >= 0.3 is 6.03 Å². The second kappa shape index (κ2) is 6.83. The normalized spacial score (nSPS) is 30.5. The zero-order valence-electron chi connectivity index (χ0n) is 13.3. The van der Waals surface area contributed by atoms with Crippen LogP contribution >= 0.6 is 0 Å². The van der Waals surface area contributed by atoms with Crippen molar-refractivity contribution in [3.05, 3.63) is 0 Å². The second-order valence-corrected chi connectivity index (χ2v) is 6.50. The van der Waals surface area contributed by atoms with Gasteiger partial charge in [-0.1, -0.05) is 6.92 Å². The van der Waals surface area contributed by atoms with Crippen molar-refractivity contribution in [2.24, 2.45) is 5.92 Å². The third kappa shape index (κ3) is 3.35. The minimum absolute atomic E-state index is 0.0691. The molecule has 0 aliphatic carbocycles. The molecule has 0 saturated carbocycles. The summed E-state index contributed by atoms with van der Waals surface area (Å²) >= 11 is 0. The van der Waals surface area contributed by atoms with E-state index < -0.39 is 0 Å². The number of nitrogens with zero attached hydrogens (tertiary/aromatic N) is 3. The molecule has 0 aromatic heterocycles. The van der Waals surface area contributed by atoms with Gasteiger partial charge in [-0.25, -0.2) is 4.79 Å². The number of amides is 3. The molecule has 3 fully saturated rings. The summed E-state index contributed by atoms with van der Waals surface area (Å²) in [5, 5.41) is 2.79. The van der Waals surface area contributed by atoms with E-state index in [1.807, 2.05) is 4.90 Å². The van der Waals surface area contributed by atoms with Crippen molar-refractivity contribution in [1.82, 2.24) is 20.0 Å². The van der Waals surface area contributed by atoms with Crippen LogP contribution in [0.15, 0.2) is 0 Å². The van der Waals surface area contributed by atoms with Gasteiger partial charge in [0.05, 0.1) is 13.2 Å². The number of hydrogen-bond donors (Lipinski definition) is 1. The Morgan fingerprint density at radius 3 is 2.77 bits per heavy atom. The zero-order chi connectivity index (χ0) is 15.5. The van der Waals surface area contributed by atoms with Crippen molar-refractivity contribution in [3.63, 3.8) is 0 Å². The number of morpholine rings is 1. The van der Waals surface area contributed by atoms with Crippen LogP contribution in [0.2, 0.25) is 0 Å². The lowest BCUT2D eigenvalue weighted by atomic mass is 10.0. The van der Waals surface area contributed by atoms with Crippen molar-refractivity contribution in [2.45, 2.75) is 19.4 Å². The zero-order valence-corrected chi connectivity index (χ0v) is 13.3. The fraction of sp³-hybridized carbons (Fsp3) is 0.867. The molecule has 124 valence electrons. The van der Waals surface area contributed by atoms with E-state index in [0.717, 1.165) is 45.8 Å². The van der Waals surface area contributed by atoms with Crippen LogP contribution in [-0.2, 0) is 9.53 Å².